The van der Waals surface area contributed by atoms with Crippen LogP contribution in [0.15, 0.2) is 24.3 Å². The van der Waals surface area contributed by atoms with Gasteiger partial charge in [-0.25, -0.2) is 0 Å². The summed E-state index contributed by atoms with van der Waals surface area (Å²) < 4.78 is 0. The van der Waals surface area contributed by atoms with Crippen molar-refractivity contribution in [3.63, 3.8) is 0 Å². The van der Waals surface area contributed by atoms with Crippen molar-refractivity contribution in [2.75, 3.05) is 20.2 Å². The number of carbonyl (C=O) groups is 1. The minimum atomic E-state index is 0.0133. The Labute approximate surface area is 107 Å². The van der Waals surface area contributed by atoms with E-state index in [1.807, 2.05) is 24.3 Å². The van der Waals surface area contributed by atoms with Crippen LogP contribution in [0.4, 0.5) is 0 Å². The van der Waals surface area contributed by atoms with E-state index in [2.05, 4.69) is 0 Å². The zero-order valence-electron chi connectivity index (χ0n) is 10.0. The van der Waals surface area contributed by atoms with Gasteiger partial charge in [-0.15, -0.1) is 0 Å². The Kier molecular flexibility index (Phi) is 6.01. The fourth-order valence-corrected chi connectivity index (χ4v) is 1.69. The summed E-state index contributed by atoms with van der Waals surface area (Å²) in [5.74, 6) is 0.0769. The van der Waals surface area contributed by atoms with Crippen LogP contribution in [-0.4, -0.2) is 36.1 Å². The fourth-order valence-electron chi connectivity index (χ4n) is 1.56. The van der Waals surface area contributed by atoms with Crippen LogP contribution in [0, 0.1) is 0 Å². The first-order valence-corrected chi connectivity index (χ1v) is 6.10. The van der Waals surface area contributed by atoms with Gasteiger partial charge in [0.25, 0.3) is 0 Å². The molecule has 17 heavy (non-hydrogen) atoms. The molecule has 0 aliphatic heterocycles. The van der Waals surface area contributed by atoms with Crippen molar-refractivity contribution in [3.8, 4) is 0 Å². The summed E-state index contributed by atoms with van der Waals surface area (Å²) in [6.07, 6.45) is 2.20. The molecule has 0 unspecified atom stereocenters. The summed E-state index contributed by atoms with van der Waals surface area (Å²) in [4.78, 5) is 13.1. The smallest absolute Gasteiger partial charge is 0.222 e. The molecule has 0 aromatic heterocycles. The molecule has 0 heterocycles. The molecule has 0 atom stereocenters. The molecule has 0 radical (unpaired) electrons. The molecular weight excluding hydrogens is 238 g/mol. The topological polar surface area (TPSA) is 40.5 Å². The van der Waals surface area contributed by atoms with Crippen LogP contribution in [0.1, 0.15) is 18.4 Å². The molecule has 0 fully saturated rings. The summed E-state index contributed by atoms with van der Waals surface area (Å²) in [5.41, 5.74) is 1.19. The Bertz CT molecular complexity index is 351. The van der Waals surface area contributed by atoms with Crippen LogP contribution in [0.3, 0.4) is 0 Å². The first-order chi connectivity index (χ1) is 8.13. The zero-order chi connectivity index (χ0) is 12.7. The molecule has 1 aromatic carbocycles. The van der Waals surface area contributed by atoms with Crippen LogP contribution >= 0.6 is 11.6 Å². The lowest BCUT2D eigenvalue weighted by atomic mass is 10.1. The largest absolute Gasteiger partial charge is 0.395 e. The van der Waals surface area contributed by atoms with Crippen molar-refractivity contribution < 1.29 is 9.90 Å². The van der Waals surface area contributed by atoms with Crippen molar-refractivity contribution in [1.82, 2.24) is 4.90 Å². The van der Waals surface area contributed by atoms with E-state index in [0.29, 0.717) is 13.0 Å². The normalized spacial score (nSPS) is 10.3. The van der Waals surface area contributed by atoms with Gasteiger partial charge in [-0.3, -0.25) is 4.79 Å². The van der Waals surface area contributed by atoms with Gasteiger partial charge in [-0.1, -0.05) is 23.7 Å². The molecule has 0 aliphatic rings. The van der Waals surface area contributed by atoms with Crippen LogP contribution < -0.4 is 0 Å². The highest BCUT2D eigenvalue weighted by molar-refractivity contribution is 6.30. The maximum absolute atomic E-state index is 11.6. The van der Waals surface area contributed by atoms with Gasteiger partial charge in [0, 0.05) is 25.0 Å². The standard InChI is InChI=1S/C13H18ClNO2/c1-15(9-10-16)13(17)4-2-3-11-5-7-12(14)8-6-11/h5-8,16H,2-4,9-10H2,1H3. The highest BCUT2D eigenvalue weighted by atomic mass is 35.5. The number of hydrogen-bond acceptors (Lipinski definition) is 2. The second kappa shape index (κ2) is 7.30. The summed E-state index contributed by atoms with van der Waals surface area (Å²) in [6, 6.07) is 7.67. The van der Waals surface area contributed by atoms with E-state index in [-0.39, 0.29) is 12.5 Å². The number of halogens is 1. The third-order valence-electron chi connectivity index (χ3n) is 2.63. The summed E-state index contributed by atoms with van der Waals surface area (Å²) in [5, 5.41) is 9.44. The predicted molar refractivity (Wildman–Crippen MR) is 69.1 cm³/mol. The third-order valence-corrected chi connectivity index (χ3v) is 2.88. The van der Waals surface area contributed by atoms with Gasteiger partial charge >= 0.3 is 0 Å². The van der Waals surface area contributed by atoms with E-state index in [4.69, 9.17) is 16.7 Å². The Morgan fingerprint density at radius 3 is 2.59 bits per heavy atom. The number of likely N-dealkylation sites (N-methyl/N-ethyl adjacent to an activating group) is 1. The zero-order valence-corrected chi connectivity index (χ0v) is 10.8. The second-order valence-corrected chi connectivity index (χ2v) is 4.46. The first-order valence-electron chi connectivity index (χ1n) is 5.72. The third kappa shape index (κ3) is 5.20. The number of nitrogens with zero attached hydrogens (tertiary/aromatic N) is 1. The van der Waals surface area contributed by atoms with Crippen LogP contribution in [-0.2, 0) is 11.2 Å². The number of rotatable bonds is 6. The van der Waals surface area contributed by atoms with E-state index in [1.54, 1.807) is 11.9 Å². The molecule has 3 nitrogen and oxygen atoms in total. The molecule has 1 rings (SSSR count). The molecule has 1 N–H and O–H groups in total. The first kappa shape index (κ1) is 14.0. The monoisotopic (exact) mass is 255 g/mol. The number of benzene rings is 1. The molecule has 4 heteroatoms. The lowest BCUT2D eigenvalue weighted by Gasteiger charge is -2.15. The summed E-state index contributed by atoms with van der Waals surface area (Å²) in [6.45, 7) is 0.416. The van der Waals surface area contributed by atoms with E-state index >= 15 is 0 Å². The van der Waals surface area contributed by atoms with E-state index in [9.17, 15) is 4.79 Å². The Morgan fingerprint density at radius 1 is 1.35 bits per heavy atom. The number of hydrogen-bond donors (Lipinski definition) is 1. The van der Waals surface area contributed by atoms with Crippen LogP contribution in [0.2, 0.25) is 5.02 Å². The van der Waals surface area contributed by atoms with Gasteiger partial charge in [0.1, 0.15) is 0 Å². The average molecular weight is 256 g/mol. The van der Waals surface area contributed by atoms with Crippen molar-refractivity contribution in [2.24, 2.45) is 0 Å². The number of aliphatic hydroxyl groups is 1. The van der Waals surface area contributed by atoms with E-state index in [0.717, 1.165) is 17.9 Å². The number of aliphatic hydroxyl groups excluding tert-OH is 1. The van der Waals surface area contributed by atoms with Gasteiger partial charge in [-0.05, 0) is 30.5 Å². The van der Waals surface area contributed by atoms with Crippen molar-refractivity contribution in [1.29, 1.82) is 0 Å². The van der Waals surface area contributed by atoms with Gasteiger partial charge in [0.2, 0.25) is 5.91 Å². The summed E-state index contributed by atoms with van der Waals surface area (Å²) >= 11 is 5.79. The molecule has 0 aliphatic carbocycles. The molecule has 0 bridgehead atoms. The minimum Gasteiger partial charge on any atom is -0.395 e. The highest BCUT2D eigenvalue weighted by Crippen LogP contribution is 2.11. The minimum absolute atomic E-state index is 0.0133. The lowest BCUT2D eigenvalue weighted by Crippen LogP contribution is -2.29. The van der Waals surface area contributed by atoms with Crippen molar-refractivity contribution >= 4 is 17.5 Å². The van der Waals surface area contributed by atoms with Crippen LogP contribution in [0.5, 0.6) is 0 Å². The van der Waals surface area contributed by atoms with Gasteiger partial charge < -0.3 is 10.0 Å². The number of aryl methyl sites for hydroxylation is 1. The molecule has 0 spiro atoms. The maximum atomic E-state index is 11.6. The molecule has 0 saturated heterocycles. The fraction of sp³-hybridized carbons (Fsp3) is 0.462. The van der Waals surface area contributed by atoms with Crippen LogP contribution in [0.25, 0.3) is 0 Å². The van der Waals surface area contributed by atoms with E-state index in [1.165, 1.54) is 5.56 Å². The maximum Gasteiger partial charge on any atom is 0.222 e. The Hall–Kier alpha value is -1.06. The number of carbonyl (C=O) groups excluding carboxylic acids is 1. The highest BCUT2D eigenvalue weighted by Gasteiger charge is 2.07. The second-order valence-electron chi connectivity index (χ2n) is 4.02. The van der Waals surface area contributed by atoms with Gasteiger partial charge in [-0.2, -0.15) is 0 Å². The lowest BCUT2D eigenvalue weighted by molar-refractivity contribution is -0.130. The SMILES string of the molecule is CN(CCO)C(=O)CCCc1ccc(Cl)cc1. The quantitative estimate of drug-likeness (QED) is 0.846. The Morgan fingerprint density at radius 2 is 2.00 bits per heavy atom. The molecule has 0 saturated carbocycles. The molecular formula is C13H18ClNO2. The predicted octanol–water partition coefficient (Wildman–Crippen LogP) is 2.11. The molecule has 1 aromatic rings. The number of amides is 1. The molecule has 94 valence electrons. The summed E-state index contributed by atoms with van der Waals surface area (Å²) in [7, 11) is 1.71. The van der Waals surface area contributed by atoms with Crippen molar-refractivity contribution in [3.05, 3.63) is 34.9 Å². The van der Waals surface area contributed by atoms with Gasteiger partial charge in [0.05, 0.1) is 6.61 Å². The van der Waals surface area contributed by atoms with E-state index < -0.39 is 0 Å². The Balaban J connectivity index is 2.28. The van der Waals surface area contributed by atoms with Crippen molar-refractivity contribution in [2.45, 2.75) is 19.3 Å². The molecule has 1 amide bonds. The average Bonchev–Trinajstić information content (AvgIpc) is 2.32. The van der Waals surface area contributed by atoms with Gasteiger partial charge in [0.15, 0.2) is 0 Å².